The fourth-order valence-electron chi connectivity index (χ4n) is 1.36. The van der Waals surface area contributed by atoms with Gasteiger partial charge in [0.1, 0.15) is 17.4 Å². The molecule has 0 fully saturated rings. The van der Waals surface area contributed by atoms with Crippen LogP contribution in [0.5, 0.6) is 0 Å². The number of nitrogens with zero attached hydrogens (tertiary/aromatic N) is 1. The van der Waals surface area contributed by atoms with Crippen LogP contribution in [0.1, 0.15) is 34.1 Å². The summed E-state index contributed by atoms with van der Waals surface area (Å²) in [4.78, 5) is 0. The van der Waals surface area contributed by atoms with E-state index in [-0.39, 0.29) is 5.60 Å². The van der Waals surface area contributed by atoms with E-state index in [1.807, 2.05) is 33.8 Å². The Kier molecular flexibility index (Phi) is 2.47. The van der Waals surface area contributed by atoms with Crippen LogP contribution in [0, 0.1) is 11.3 Å². The first-order valence-electron chi connectivity index (χ1n) is 4.54. The quantitative estimate of drug-likeness (QED) is 0.617. The Morgan fingerprint density at radius 1 is 1.54 bits per heavy atom. The van der Waals surface area contributed by atoms with Crippen molar-refractivity contribution in [3.05, 3.63) is 23.0 Å². The van der Waals surface area contributed by atoms with E-state index >= 15 is 0 Å². The van der Waals surface area contributed by atoms with Crippen molar-refractivity contribution < 1.29 is 4.74 Å². The van der Waals surface area contributed by atoms with Crippen LogP contribution in [0.4, 0.5) is 0 Å². The maximum atomic E-state index is 8.94. The molecule has 1 aliphatic rings. The molecule has 0 amide bonds. The molecule has 0 atom stereocenters. The molecule has 0 saturated carbocycles. The second-order valence-electron chi connectivity index (χ2n) is 3.70. The van der Waals surface area contributed by atoms with Crippen LogP contribution in [0.3, 0.4) is 0 Å². The van der Waals surface area contributed by atoms with E-state index in [4.69, 9.17) is 10.00 Å². The number of nitriles is 1. The SMILES string of the molecule is CCC=C1OC(C)(C)C(C)=C1C#N. The van der Waals surface area contributed by atoms with E-state index in [9.17, 15) is 0 Å². The molecule has 0 radical (unpaired) electrons. The van der Waals surface area contributed by atoms with Crippen molar-refractivity contribution >= 4 is 0 Å². The average molecular weight is 177 g/mol. The standard InChI is InChI=1S/C11H15NO/c1-5-6-10-9(7-12)8(2)11(3,4)13-10/h6H,5H2,1-4H3. The van der Waals surface area contributed by atoms with Crippen LogP contribution < -0.4 is 0 Å². The molecule has 2 nitrogen and oxygen atoms in total. The summed E-state index contributed by atoms with van der Waals surface area (Å²) in [5.41, 5.74) is 1.41. The van der Waals surface area contributed by atoms with Crippen LogP contribution in [-0.2, 0) is 4.74 Å². The lowest BCUT2D eigenvalue weighted by atomic mass is 9.98. The summed E-state index contributed by atoms with van der Waals surface area (Å²) in [5, 5.41) is 8.94. The van der Waals surface area contributed by atoms with Gasteiger partial charge in [-0.05, 0) is 38.8 Å². The molecule has 70 valence electrons. The minimum absolute atomic E-state index is 0.313. The molecule has 1 heterocycles. The maximum Gasteiger partial charge on any atom is 0.134 e. The van der Waals surface area contributed by atoms with E-state index in [1.54, 1.807) is 0 Å². The molecule has 13 heavy (non-hydrogen) atoms. The molecule has 0 aromatic rings. The number of ether oxygens (including phenoxy) is 1. The second-order valence-corrected chi connectivity index (χ2v) is 3.70. The third-order valence-corrected chi connectivity index (χ3v) is 2.39. The number of hydrogen-bond acceptors (Lipinski definition) is 2. The average Bonchev–Trinajstić information content (AvgIpc) is 2.24. The van der Waals surface area contributed by atoms with E-state index in [0.717, 1.165) is 17.8 Å². The van der Waals surface area contributed by atoms with Gasteiger partial charge < -0.3 is 4.74 Å². The number of rotatable bonds is 1. The molecule has 0 aromatic carbocycles. The Balaban J connectivity index is 3.14. The predicted octanol–water partition coefficient (Wildman–Crippen LogP) is 2.93. The predicted molar refractivity (Wildman–Crippen MR) is 51.9 cm³/mol. The molecular weight excluding hydrogens is 162 g/mol. The summed E-state index contributed by atoms with van der Waals surface area (Å²) in [5.74, 6) is 0.743. The smallest absolute Gasteiger partial charge is 0.134 e. The van der Waals surface area contributed by atoms with Gasteiger partial charge in [-0.25, -0.2) is 0 Å². The molecule has 0 unspecified atom stereocenters. The first kappa shape index (κ1) is 9.85. The zero-order valence-electron chi connectivity index (χ0n) is 8.64. The van der Waals surface area contributed by atoms with Gasteiger partial charge in [-0.15, -0.1) is 0 Å². The van der Waals surface area contributed by atoms with Crippen molar-refractivity contribution in [3.8, 4) is 6.07 Å². The van der Waals surface area contributed by atoms with Gasteiger partial charge in [-0.2, -0.15) is 5.26 Å². The number of hydrogen-bond donors (Lipinski definition) is 0. The van der Waals surface area contributed by atoms with Crippen molar-refractivity contribution in [1.82, 2.24) is 0 Å². The summed E-state index contributed by atoms with van der Waals surface area (Å²) in [7, 11) is 0. The number of allylic oxidation sites excluding steroid dienone is 2. The summed E-state index contributed by atoms with van der Waals surface area (Å²) in [6.45, 7) is 7.95. The Bertz CT molecular complexity index is 315. The molecule has 0 aromatic heterocycles. The topological polar surface area (TPSA) is 33.0 Å². The van der Waals surface area contributed by atoms with Crippen LogP contribution in [0.2, 0.25) is 0 Å². The van der Waals surface area contributed by atoms with Gasteiger partial charge >= 0.3 is 0 Å². The summed E-state index contributed by atoms with van der Waals surface area (Å²) in [6, 6.07) is 2.19. The van der Waals surface area contributed by atoms with Gasteiger partial charge in [0, 0.05) is 0 Å². The Labute approximate surface area is 79.5 Å². The minimum atomic E-state index is -0.313. The largest absolute Gasteiger partial charge is 0.482 e. The van der Waals surface area contributed by atoms with Crippen LogP contribution in [0.25, 0.3) is 0 Å². The van der Waals surface area contributed by atoms with Gasteiger partial charge in [0.15, 0.2) is 0 Å². The van der Waals surface area contributed by atoms with Crippen molar-refractivity contribution in [2.45, 2.75) is 39.7 Å². The van der Waals surface area contributed by atoms with Gasteiger partial charge in [-0.1, -0.05) is 6.92 Å². The van der Waals surface area contributed by atoms with Crippen molar-refractivity contribution in [3.63, 3.8) is 0 Å². The Morgan fingerprint density at radius 3 is 2.62 bits per heavy atom. The molecular formula is C11H15NO. The van der Waals surface area contributed by atoms with Crippen LogP contribution in [0.15, 0.2) is 23.0 Å². The first-order valence-corrected chi connectivity index (χ1v) is 4.54. The molecule has 2 heteroatoms. The van der Waals surface area contributed by atoms with Crippen molar-refractivity contribution in [2.24, 2.45) is 0 Å². The molecule has 0 saturated heterocycles. The highest BCUT2D eigenvalue weighted by Crippen LogP contribution is 2.37. The van der Waals surface area contributed by atoms with Crippen molar-refractivity contribution in [2.75, 3.05) is 0 Å². The molecule has 0 aliphatic carbocycles. The third-order valence-electron chi connectivity index (χ3n) is 2.39. The lowest BCUT2D eigenvalue weighted by Gasteiger charge is -2.19. The summed E-state index contributed by atoms with van der Waals surface area (Å²) in [6.07, 6.45) is 2.85. The first-order chi connectivity index (χ1) is 6.03. The van der Waals surface area contributed by atoms with Crippen LogP contribution in [-0.4, -0.2) is 5.60 Å². The minimum Gasteiger partial charge on any atom is -0.482 e. The molecule has 0 N–H and O–H groups in total. The normalized spacial score (nSPS) is 23.2. The zero-order valence-corrected chi connectivity index (χ0v) is 8.64. The van der Waals surface area contributed by atoms with E-state index in [1.165, 1.54) is 0 Å². The monoisotopic (exact) mass is 177 g/mol. The molecule has 1 rings (SSSR count). The Morgan fingerprint density at radius 2 is 2.15 bits per heavy atom. The summed E-state index contributed by atoms with van der Waals surface area (Å²) < 4.78 is 5.67. The van der Waals surface area contributed by atoms with Gasteiger partial charge in [0.25, 0.3) is 0 Å². The Hall–Kier alpha value is -1.23. The lowest BCUT2D eigenvalue weighted by molar-refractivity contribution is 0.0930. The van der Waals surface area contributed by atoms with Crippen LogP contribution >= 0.6 is 0 Å². The molecule has 0 bridgehead atoms. The van der Waals surface area contributed by atoms with Crippen molar-refractivity contribution in [1.29, 1.82) is 5.26 Å². The highest BCUT2D eigenvalue weighted by Gasteiger charge is 2.34. The third kappa shape index (κ3) is 1.60. The van der Waals surface area contributed by atoms with E-state index in [0.29, 0.717) is 5.57 Å². The maximum absolute atomic E-state index is 8.94. The second kappa shape index (κ2) is 3.26. The lowest BCUT2D eigenvalue weighted by Crippen LogP contribution is -2.19. The van der Waals surface area contributed by atoms with Gasteiger partial charge in [0.05, 0.1) is 5.57 Å². The molecule has 0 spiro atoms. The van der Waals surface area contributed by atoms with Gasteiger partial charge in [-0.3, -0.25) is 0 Å². The highest BCUT2D eigenvalue weighted by molar-refractivity contribution is 5.49. The zero-order chi connectivity index (χ0) is 10.1. The molecule has 1 aliphatic heterocycles. The summed E-state index contributed by atoms with van der Waals surface area (Å²) >= 11 is 0. The highest BCUT2D eigenvalue weighted by atomic mass is 16.5. The van der Waals surface area contributed by atoms with Gasteiger partial charge in [0.2, 0.25) is 0 Å². The fourth-order valence-corrected chi connectivity index (χ4v) is 1.36. The van der Waals surface area contributed by atoms with E-state index in [2.05, 4.69) is 6.07 Å². The fraction of sp³-hybridized carbons (Fsp3) is 0.545. The van der Waals surface area contributed by atoms with E-state index < -0.39 is 0 Å².